The standard InChI is InChI=1S/C42H49N7O7/c1-47-30(23-34(46-47)41(53)44-19-6-5-18-43-24-37(51)32-12-14-36(50)39-33(32)13-15-38(52)45-39)26-56-31-11-7-10-29(22-31)40(28-8-3-2-4-9-28)49(42(54)55)35-25-48-20-16-27(35)17-21-48/h2-4,7-15,22-23,27,35,37,40,43,50-51H,5-6,16-21,24-26H2,1H3,(H,44,53)(H,45,52)(H,54,55)/t35-,37-,40-/m0/s1. The first-order chi connectivity index (χ1) is 27.2. The number of phenols is 1. The highest BCUT2D eigenvalue weighted by Gasteiger charge is 2.43. The first kappa shape index (κ1) is 38.6. The number of benzene rings is 3. The van der Waals surface area contributed by atoms with Crippen molar-refractivity contribution < 1.29 is 29.6 Å². The first-order valence-electron chi connectivity index (χ1n) is 19.2. The number of carboxylic acid groups (broad SMARTS) is 1. The minimum Gasteiger partial charge on any atom is -0.506 e. The Bertz CT molecular complexity index is 2200. The van der Waals surface area contributed by atoms with Gasteiger partial charge in [0.05, 0.1) is 29.4 Å². The largest absolute Gasteiger partial charge is 0.506 e. The van der Waals surface area contributed by atoms with Crippen molar-refractivity contribution in [3.05, 3.63) is 123 Å². The van der Waals surface area contributed by atoms with Crippen molar-refractivity contribution in [3.63, 3.8) is 0 Å². The zero-order valence-electron chi connectivity index (χ0n) is 31.4. The van der Waals surface area contributed by atoms with Gasteiger partial charge in [0.25, 0.3) is 5.91 Å². The highest BCUT2D eigenvalue weighted by Crippen LogP contribution is 2.39. The van der Waals surface area contributed by atoms with Gasteiger partial charge >= 0.3 is 6.09 Å². The van der Waals surface area contributed by atoms with Crippen LogP contribution in [0.4, 0.5) is 4.79 Å². The zero-order chi connectivity index (χ0) is 39.2. The monoisotopic (exact) mass is 763 g/mol. The van der Waals surface area contributed by atoms with Gasteiger partial charge in [-0.2, -0.15) is 5.10 Å². The maximum absolute atomic E-state index is 13.0. The molecule has 2 bridgehead atoms. The Morgan fingerprint density at radius 3 is 2.50 bits per heavy atom. The molecule has 3 aromatic carbocycles. The molecule has 14 nitrogen and oxygen atoms in total. The average molecular weight is 764 g/mol. The summed E-state index contributed by atoms with van der Waals surface area (Å²) in [5, 5.41) is 42.6. The fourth-order valence-corrected chi connectivity index (χ4v) is 8.09. The van der Waals surface area contributed by atoms with Gasteiger partial charge in [-0.25, -0.2) is 4.79 Å². The van der Waals surface area contributed by atoms with E-state index in [9.17, 15) is 29.7 Å². The number of piperidine rings is 3. The van der Waals surface area contributed by atoms with Crippen molar-refractivity contribution in [2.45, 2.75) is 50.5 Å². The van der Waals surface area contributed by atoms with E-state index in [1.807, 2.05) is 54.6 Å². The van der Waals surface area contributed by atoms with Gasteiger partial charge in [-0.05, 0) is 98.3 Å². The lowest BCUT2D eigenvalue weighted by Gasteiger charge is -2.50. The maximum atomic E-state index is 13.0. The molecule has 0 unspecified atom stereocenters. The summed E-state index contributed by atoms with van der Waals surface area (Å²) < 4.78 is 7.84. The molecule has 0 aliphatic carbocycles. The van der Waals surface area contributed by atoms with Crippen LogP contribution in [-0.2, 0) is 13.7 Å². The third-order valence-electron chi connectivity index (χ3n) is 11.0. The summed E-state index contributed by atoms with van der Waals surface area (Å²) in [5.41, 5.74) is 3.27. The maximum Gasteiger partial charge on any atom is 0.408 e. The molecule has 0 saturated carbocycles. The Morgan fingerprint density at radius 2 is 1.75 bits per heavy atom. The molecule has 5 heterocycles. The van der Waals surface area contributed by atoms with Crippen LogP contribution in [0, 0.1) is 5.92 Å². The van der Waals surface area contributed by atoms with E-state index in [2.05, 4.69) is 25.6 Å². The molecule has 3 saturated heterocycles. The number of nitrogens with one attached hydrogen (secondary N) is 3. The molecule has 3 aliphatic heterocycles. The van der Waals surface area contributed by atoms with E-state index < -0.39 is 18.2 Å². The summed E-state index contributed by atoms with van der Waals surface area (Å²) in [6.45, 7) is 4.28. The molecular formula is C42H49N7O7. The van der Waals surface area contributed by atoms with E-state index in [1.165, 1.54) is 12.1 Å². The molecule has 5 aromatic rings. The smallest absolute Gasteiger partial charge is 0.408 e. The molecule has 294 valence electrons. The number of H-pyrrole nitrogens is 1. The Morgan fingerprint density at radius 1 is 0.982 bits per heavy atom. The lowest BCUT2D eigenvalue weighted by molar-refractivity contribution is -0.000814. The number of amides is 2. The van der Waals surface area contributed by atoms with Crippen LogP contribution in [0.2, 0.25) is 0 Å². The molecule has 3 atom stereocenters. The number of carbonyl (C=O) groups is 2. The number of aliphatic hydroxyl groups excluding tert-OH is 1. The van der Waals surface area contributed by atoms with Gasteiger partial charge in [-0.1, -0.05) is 48.5 Å². The third kappa shape index (κ3) is 8.72. The highest BCUT2D eigenvalue weighted by atomic mass is 16.5. The summed E-state index contributed by atoms with van der Waals surface area (Å²) in [5.74, 6) is 0.570. The quantitative estimate of drug-likeness (QED) is 0.0780. The van der Waals surface area contributed by atoms with Crippen LogP contribution in [0.25, 0.3) is 10.9 Å². The fourth-order valence-electron chi connectivity index (χ4n) is 8.09. The average Bonchev–Trinajstić information content (AvgIpc) is 3.59. The van der Waals surface area contributed by atoms with Crippen LogP contribution in [0.1, 0.15) is 70.7 Å². The van der Waals surface area contributed by atoms with Gasteiger partial charge in [0.1, 0.15) is 18.1 Å². The number of unbranched alkanes of at least 4 members (excludes halogenated alkanes) is 1. The van der Waals surface area contributed by atoms with Crippen LogP contribution in [-0.4, -0.2) is 97.2 Å². The van der Waals surface area contributed by atoms with Crippen molar-refractivity contribution in [2.24, 2.45) is 13.0 Å². The molecule has 14 heteroatoms. The third-order valence-corrected chi connectivity index (χ3v) is 11.0. The number of phenolic OH excluding ortho intramolecular Hbond substituents is 1. The van der Waals surface area contributed by atoms with E-state index in [0.717, 1.165) is 50.0 Å². The van der Waals surface area contributed by atoms with Crippen molar-refractivity contribution in [1.82, 2.24) is 35.2 Å². The number of nitrogens with zero attached hydrogens (tertiary/aromatic N) is 4. The van der Waals surface area contributed by atoms with E-state index >= 15 is 0 Å². The number of fused-ring (bicyclic) bond motifs is 4. The lowest BCUT2D eigenvalue weighted by Crippen LogP contribution is -2.59. The number of aromatic nitrogens is 3. The Kier molecular flexibility index (Phi) is 12.0. The molecule has 6 N–H and O–H groups in total. The summed E-state index contributed by atoms with van der Waals surface area (Å²) in [7, 11) is 1.76. The van der Waals surface area contributed by atoms with Crippen molar-refractivity contribution in [2.75, 3.05) is 39.3 Å². The molecule has 0 spiro atoms. The molecule has 2 aromatic heterocycles. The molecule has 0 radical (unpaired) electrons. The second kappa shape index (κ2) is 17.4. The van der Waals surface area contributed by atoms with Crippen LogP contribution < -0.4 is 20.9 Å². The number of aliphatic hydroxyl groups is 1. The van der Waals surface area contributed by atoms with Crippen LogP contribution in [0.3, 0.4) is 0 Å². The van der Waals surface area contributed by atoms with E-state index in [1.54, 1.807) is 34.8 Å². The first-order valence-corrected chi connectivity index (χ1v) is 19.2. The number of pyridine rings is 1. The van der Waals surface area contributed by atoms with Gasteiger partial charge < -0.3 is 40.6 Å². The van der Waals surface area contributed by atoms with Crippen LogP contribution >= 0.6 is 0 Å². The number of ether oxygens (including phenoxy) is 1. The number of aryl methyl sites for hydroxylation is 1. The second-order valence-corrected chi connectivity index (χ2v) is 14.7. The number of hydrogen-bond donors (Lipinski definition) is 6. The van der Waals surface area contributed by atoms with Gasteiger partial charge in [0, 0.05) is 38.1 Å². The molecular weight excluding hydrogens is 715 g/mol. The Labute approximate surface area is 324 Å². The number of aromatic hydroxyl groups is 1. The lowest BCUT2D eigenvalue weighted by atomic mass is 9.81. The minimum atomic E-state index is -0.932. The van der Waals surface area contributed by atoms with Crippen molar-refractivity contribution in [1.29, 1.82) is 0 Å². The highest BCUT2D eigenvalue weighted by molar-refractivity contribution is 5.92. The minimum absolute atomic E-state index is 0.0562. The van der Waals surface area contributed by atoms with Gasteiger partial charge in [0.15, 0.2) is 5.69 Å². The van der Waals surface area contributed by atoms with E-state index in [-0.39, 0.29) is 42.1 Å². The Balaban J connectivity index is 0.907. The van der Waals surface area contributed by atoms with Gasteiger partial charge in [-0.3, -0.25) is 19.2 Å². The molecule has 56 heavy (non-hydrogen) atoms. The van der Waals surface area contributed by atoms with Crippen LogP contribution in [0.15, 0.2) is 89.7 Å². The number of carbonyl (C=O) groups excluding carboxylic acids is 1. The number of hydrogen-bond acceptors (Lipinski definition) is 9. The molecule has 2 amide bonds. The van der Waals surface area contributed by atoms with Crippen molar-refractivity contribution >= 4 is 22.9 Å². The SMILES string of the molecule is Cn1nc(C(=O)NCCCCNC[C@H](O)c2ccc(O)c3[nH]c(=O)ccc23)cc1COc1cccc([C@H](c2ccccc2)N(C(=O)O)[C@H]2CN3CCC2CC3)c1. The second-order valence-electron chi connectivity index (χ2n) is 14.7. The molecule has 3 aliphatic rings. The predicted molar refractivity (Wildman–Crippen MR) is 211 cm³/mol. The summed E-state index contributed by atoms with van der Waals surface area (Å²) >= 11 is 0. The molecule has 8 rings (SSSR count). The normalized spacial score (nSPS) is 18.7. The number of aromatic amines is 1. The predicted octanol–water partition coefficient (Wildman–Crippen LogP) is 4.54. The Hall–Kier alpha value is -5.70. The van der Waals surface area contributed by atoms with E-state index in [0.29, 0.717) is 53.3 Å². The summed E-state index contributed by atoms with van der Waals surface area (Å²) in [4.78, 5) is 44.3. The molecule has 3 fully saturated rings. The van der Waals surface area contributed by atoms with Crippen LogP contribution in [0.5, 0.6) is 11.5 Å². The zero-order valence-corrected chi connectivity index (χ0v) is 31.4. The topological polar surface area (TPSA) is 185 Å². The fraction of sp³-hybridized carbons (Fsp3) is 0.381. The number of rotatable bonds is 16. The summed E-state index contributed by atoms with van der Waals surface area (Å²) in [6.07, 6.45) is 1.69. The summed E-state index contributed by atoms with van der Waals surface area (Å²) in [6, 6.07) is 24.5. The van der Waals surface area contributed by atoms with Gasteiger partial charge in [-0.15, -0.1) is 0 Å². The van der Waals surface area contributed by atoms with Gasteiger partial charge in [0.2, 0.25) is 5.56 Å². The van der Waals surface area contributed by atoms with E-state index in [4.69, 9.17) is 4.74 Å². The van der Waals surface area contributed by atoms with Crippen molar-refractivity contribution in [3.8, 4) is 11.5 Å².